The first kappa shape index (κ1) is 56.7. The lowest BCUT2D eigenvalue weighted by Crippen LogP contribution is -2.53. The second-order valence-electron chi connectivity index (χ2n) is 20.6. The highest BCUT2D eigenvalue weighted by molar-refractivity contribution is 8.01. The minimum Gasteiger partial charge on any atom is -0.499 e. The van der Waals surface area contributed by atoms with Crippen LogP contribution in [0.3, 0.4) is 0 Å². The van der Waals surface area contributed by atoms with Crippen LogP contribution in [0.2, 0.25) is 0 Å². The molecule has 78 heavy (non-hydrogen) atoms. The molecule has 1 saturated carbocycles. The summed E-state index contributed by atoms with van der Waals surface area (Å²) in [6.45, 7) is 9.75. The molecule has 6 atom stereocenters. The fraction of sp³-hybridized carbons (Fsp3) is 0.466. The van der Waals surface area contributed by atoms with E-state index in [9.17, 15) is 33.6 Å². The molecule has 20 heteroatoms. The van der Waals surface area contributed by atoms with Gasteiger partial charge in [0.25, 0.3) is 11.8 Å². The predicted molar refractivity (Wildman–Crippen MR) is 297 cm³/mol. The van der Waals surface area contributed by atoms with Crippen LogP contribution in [0.15, 0.2) is 76.7 Å². The van der Waals surface area contributed by atoms with Crippen molar-refractivity contribution < 1.29 is 57.2 Å². The Balaban J connectivity index is 0.787. The van der Waals surface area contributed by atoms with Gasteiger partial charge in [-0.1, -0.05) is 52.7 Å². The molecule has 19 nitrogen and oxygen atoms in total. The number of unbranched alkanes of at least 4 members (excludes halogenated alkanes) is 2. The average Bonchev–Trinajstić information content (AvgIpc) is 4.11. The molecule has 3 aromatic carbocycles. The third-order valence-corrected chi connectivity index (χ3v) is 15.5. The van der Waals surface area contributed by atoms with Crippen molar-refractivity contribution in [3.63, 3.8) is 0 Å². The first-order valence-electron chi connectivity index (χ1n) is 26.6. The standard InChI is InChI=1S/C58H69N7O12S/c1-32(2)53(63-52(67)14-11-9-10-13-41-46(66)27-51(54(41)68)78-33(3)4)56(70)61-34(5)55(69)62-37-17-15-35(16-18-37)36-21-38-28-59-44-25-49(47(74-7)23-42(44)57(71)64(38)30-36)76-19-12-20-77-50-26-45-43(24-48(50)75-8)58(72)65-31-40(73-6)22-39(65)29-60-45/h15-18,23-26,28-34,38-39,41,51,53H,9-14,19-22,27H2,1-8H3,(H,61,70)(H,62,69)(H,63,67)/t34-,38-,39-,41?,51?,53-/m0/s1. The Morgan fingerprint density at radius 3 is 1.86 bits per heavy atom. The number of ether oxygens (including phenoxy) is 5. The van der Waals surface area contributed by atoms with E-state index in [1.54, 1.807) is 90.6 Å². The largest absolute Gasteiger partial charge is 0.499 e. The zero-order valence-corrected chi connectivity index (χ0v) is 46.2. The molecule has 0 bridgehead atoms. The van der Waals surface area contributed by atoms with Crippen LogP contribution in [0.1, 0.15) is 119 Å². The van der Waals surface area contributed by atoms with Crippen LogP contribution in [0.25, 0.3) is 5.57 Å². The molecule has 3 N–H and O–H groups in total. The number of nitrogens with zero attached hydrogens (tertiary/aromatic N) is 4. The molecule has 5 amide bonds. The van der Waals surface area contributed by atoms with Gasteiger partial charge in [0.05, 0.1) is 80.3 Å². The van der Waals surface area contributed by atoms with Crippen molar-refractivity contribution in [2.75, 3.05) is 39.9 Å². The lowest BCUT2D eigenvalue weighted by molar-refractivity contribution is -0.131. The lowest BCUT2D eigenvalue weighted by atomic mass is 9.97. The molecule has 0 aromatic heterocycles. The van der Waals surface area contributed by atoms with Crippen molar-refractivity contribution in [1.82, 2.24) is 20.4 Å². The molecule has 8 rings (SSSR count). The summed E-state index contributed by atoms with van der Waals surface area (Å²) >= 11 is 1.55. The number of nitrogens with one attached hydrogen (secondary N) is 3. The Morgan fingerprint density at radius 2 is 1.28 bits per heavy atom. The number of thioether (sulfide) groups is 1. The molecular weight excluding hydrogens is 1020 g/mol. The van der Waals surface area contributed by atoms with Crippen molar-refractivity contribution >= 4 is 87.9 Å². The van der Waals surface area contributed by atoms with Gasteiger partial charge in [-0.25, -0.2) is 0 Å². The molecular formula is C58H69N7O12S. The van der Waals surface area contributed by atoms with Gasteiger partial charge in [0.2, 0.25) is 17.7 Å². The fourth-order valence-corrected chi connectivity index (χ4v) is 11.2. The summed E-state index contributed by atoms with van der Waals surface area (Å²) in [5, 5.41) is 8.43. The Hall–Kier alpha value is -7.48. The van der Waals surface area contributed by atoms with E-state index in [1.165, 1.54) is 14.2 Å². The Bertz CT molecular complexity index is 2930. The number of Topliss-reactive ketones (excluding diaryl/α,β-unsaturated/α-hetero) is 2. The van der Waals surface area contributed by atoms with E-state index in [-0.39, 0.29) is 77.4 Å². The molecule has 2 unspecified atom stereocenters. The summed E-state index contributed by atoms with van der Waals surface area (Å²) in [5.41, 5.74) is 3.92. The Morgan fingerprint density at radius 1 is 0.679 bits per heavy atom. The Kier molecular flexibility index (Phi) is 18.4. The number of benzene rings is 3. The third-order valence-electron chi connectivity index (χ3n) is 14.3. The van der Waals surface area contributed by atoms with Gasteiger partial charge in [0.15, 0.2) is 28.8 Å². The molecule has 4 aliphatic heterocycles. The maximum atomic E-state index is 14.1. The first-order valence-corrected chi connectivity index (χ1v) is 27.5. The number of hydrogen-bond donors (Lipinski definition) is 3. The molecule has 1 fully saturated rings. The van der Waals surface area contributed by atoms with Crippen LogP contribution < -0.4 is 34.9 Å². The highest BCUT2D eigenvalue weighted by Gasteiger charge is 2.41. The number of rotatable bonds is 24. The van der Waals surface area contributed by atoms with Gasteiger partial charge in [-0.15, -0.1) is 11.8 Å². The van der Waals surface area contributed by atoms with Crippen LogP contribution in [-0.2, 0) is 28.7 Å². The second kappa shape index (κ2) is 25.3. The average molecular weight is 1090 g/mol. The number of amides is 5. The summed E-state index contributed by atoms with van der Waals surface area (Å²) in [4.78, 5) is 105. The van der Waals surface area contributed by atoms with Gasteiger partial charge in [-0.05, 0) is 66.3 Å². The molecule has 0 spiro atoms. The van der Waals surface area contributed by atoms with E-state index in [0.717, 1.165) is 11.1 Å². The van der Waals surface area contributed by atoms with Crippen molar-refractivity contribution in [2.45, 2.75) is 127 Å². The first-order chi connectivity index (χ1) is 37.5. The quantitative estimate of drug-likeness (QED) is 0.0569. The minimum atomic E-state index is -0.919. The predicted octanol–water partition coefficient (Wildman–Crippen LogP) is 8.14. The Labute approximate surface area is 459 Å². The number of ketones is 2. The van der Waals surface area contributed by atoms with E-state index in [2.05, 4.69) is 20.9 Å². The number of methoxy groups -OCH3 is 3. The molecule has 0 saturated heterocycles. The SMILES string of the molecule is COC1=CN2C(=O)c3cc(OC)c(OCCCOc4cc5c(cc4OC)C(=O)N4C=C(c6ccc(NC(=O)[C@H](C)NC(=O)[C@@H](NC(=O)CCCCCC7C(=O)CC(SC(C)C)C7=O)C(C)C)cc6)C[C@H]4C=N5)cc3N=C[C@@H]2C1. The van der Waals surface area contributed by atoms with E-state index >= 15 is 0 Å². The van der Waals surface area contributed by atoms with Crippen molar-refractivity contribution in [3.05, 3.63) is 83.4 Å². The maximum absolute atomic E-state index is 14.1. The van der Waals surface area contributed by atoms with Gasteiger partial charge in [0.1, 0.15) is 23.6 Å². The highest BCUT2D eigenvalue weighted by atomic mass is 32.2. The summed E-state index contributed by atoms with van der Waals surface area (Å²) in [6, 6.07) is 11.5. The lowest BCUT2D eigenvalue weighted by Gasteiger charge is -2.24. The van der Waals surface area contributed by atoms with E-state index < -0.39 is 29.8 Å². The van der Waals surface area contributed by atoms with Gasteiger partial charge in [-0.3, -0.25) is 43.5 Å². The second-order valence-corrected chi connectivity index (χ2v) is 22.3. The molecule has 5 aliphatic rings. The third kappa shape index (κ3) is 13.1. The molecule has 1 aliphatic carbocycles. The maximum Gasteiger partial charge on any atom is 0.260 e. The minimum absolute atomic E-state index is 0.0123. The number of aliphatic imine (C=N–C) groups is 2. The van der Waals surface area contributed by atoms with Crippen molar-refractivity contribution in [1.29, 1.82) is 0 Å². The van der Waals surface area contributed by atoms with Crippen molar-refractivity contribution in [2.24, 2.45) is 21.8 Å². The zero-order chi connectivity index (χ0) is 55.8. The normalized spacial score (nSPS) is 20.0. The van der Waals surface area contributed by atoms with Crippen LogP contribution >= 0.6 is 11.8 Å². The van der Waals surface area contributed by atoms with Gasteiger partial charge in [0, 0.05) is 74.8 Å². The van der Waals surface area contributed by atoms with E-state index in [0.29, 0.717) is 108 Å². The number of fused-ring (bicyclic) bond motifs is 4. The molecule has 4 heterocycles. The number of hydrogen-bond acceptors (Lipinski definition) is 15. The van der Waals surface area contributed by atoms with E-state index in [4.69, 9.17) is 28.7 Å². The zero-order valence-electron chi connectivity index (χ0n) is 45.4. The van der Waals surface area contributed by atoms with Crippen molar-refractivity contribution in [3.8, 4) is 23.0 Å². The summed E-state index contributed by atoms with van der Waals surface area (Å²) < 4.78 is 28.9. The fourth-order valence-electron chi connectivity index (χ4n) is 10.0. The van der Waals surface area contributed by atoms with Crippen LogP contribution in [0.4, 0.5) is 17.1 Å². The highest BCUT2D eigenvalue weighted by Crippen LogP contribution is 2.42. The molecule has 414 valence electrons. The topological polar surface area (TPSA) is 233 Å². The monoisotopic (exact) mass is 1090 g/mol. The summed E-state index contributed by atoms with van der Waals surface area (Å²) in [6.07, 6.45) is 11.4. The van der Waals surface area contributed by atoms with Crippen LogP contribution in [-0.4, -0.2) is 133 Å². The summed E-state index contributed by atoms with van der Waals surface area (Å²) in [7, 11) is 4.59. The van der Waals surface area contributed by atoms with Gasteiger partial charge < -0.3 is 49.4 Å². The number of carbonyl (C=O) groups excluding carboxylic acids is 7. The molecule has 3 aromatic rings. The number of anilines is 1. The summed E-state index contributed by atoms with van der Waals surface area (Å²) in [5.74, 6) is -0.116. The molecule has 0 radical (unpaired) electrons. The van der Waals surface area contributed by atoms with E-state index in [1.807, 2.05) is 46.0 Å². The smallest absolute Gasteiger partial charge is 0.260 e. The van der Waals surface area contributed by atoms with Gasteiger partial charge >= 0.3 is 0 Å². The van der Waals surface area contributed by atoms with Crippen LogP contribution in [0, 0.1) is 11.8 Å². The van der Waals surface area contributed by atoms with Gasteiger partial charge in [-0.2, -0.15) is 0 Å². The number of carbonyl (C=O) groups is 7. The van der Waals surface area contributed by atoms with Crippen LogP contribution in [0.5, 0.6) is 23.0 Å².